The fourth-order valence-corrected chi connectivity index (χ4v) is 1.34. The molecule has 0 spiro atoms. The van der Waals surface area contributed by atoms with Crippen LogP contribution in [0.5, 0.6) is 0 Å². The maximum atomic E-state index is 10.4. The Morgan fingerprint density at radius 1 is 1.53 bits per heavy atom. The van der Waals surface area contributed by atoms with E-state index in [2.05, 4.69) is 4.98 Å². The molecule has 0 radical (unpaired) electrons. The number of benzene rings is 1. The molecule has 0 bridgehead atoms. The molecule has 0 unspecified atom stereocenters. The molecule has 0 atom stereocenters. The van der Waals surface area contributed by atoms with Gasteiger partial charge in [-0.2, -0.15) is 0 Å². The average molecular weight is 206 g/mol. The molecular formula is C10H10N2O3. The predicted octanol–water partition coefficient (Wildman–Crippen LogP) is 1.43. The topological polar surface area (TPSA) is 89.3 Å². The lowest BCUT2D eigenvalue weighted by atomic mass is 10.3. The van der Waals surface area contributed by atoms with E-state index in [0.717, 1.165) is 0 Å². The Kier molecular flexibility index (Phi) is 2.29. The van der Waals surface area contributed by atoms with Gasteiger partial charge in [-0.05, 0) is 12.1 Å². The number of carboxylic acids is 1. The summed E-state index contributed by atoms with van der Waals surface area (Å²) in [5, 5.41) is 8.51. The van der Waals surface area contributed by atoms with Gasteiger partial charge in [0.25, 0.3) is 0 Å². The van der Waals surface area contributed by atoms with Crippen LogP contribution in [-0.4, -0.2) is 16.1 Å². The summed E-state index contributed by atoms with van der Waals surface area (Å²) in [6.07, 6.45) is 0.288. The number of nitrogens with two attached hydrogens (primary N) is 1. The minimum atomic E-state index is -0.870. The van der Waals surface area contributed by atoms with Crippen molar-refractivity contribution >= 4 is 22.8 Å². The van der Waals surface area contributed by atoms with Crippen molar-refractivity contribution in [3.8, 4) is 0 Å². The molecule has 0 aliphatic rings. The monoisotopic (exact) mass is 206 g/mol. The summed E-state index contributed by atoms with van der Waals surface area (Å²) in [4.78, 5) is 14.5. The summed E-state index contributed by atoms with van der Waals surface area (Å²) in [6.45, 7) is 0. The second kappa shape index (κ2) is 3.61. The third-order valence-electron chi connectivity index (χ3n) is 2.05. The van der Waals surface area contributed by atoms with E-state index in [9.17, 15) is 4.79 Å². The number of aromatic nitrogens is 1. The van der Waals surface area contributed by atoms with Crippen molar-refractivity contribution in [2.75, 3.05) is 5.73 Å². The molecule has 0 saturated heterocycles. The maximum Gasteiger partial charge on any atom is 0.303 e. The molecule has 5 heteroatoms. The largest absolute Gasteiger partial charge is 0.481 e. The number of aliphatic carboxylic acids is 1. The quantitative estimate of drug-likeness (QED) is 0.741. The highest BCUT2D eigenvalue weighted by atomic mass is 16.4. The van der Waals surface area contributed by atoms with Gasteiger partial charge in [0.15, 0.2) is 11.5 Å². The lowest BCUT2D eigenvalue weighted by Gasteiger charge is -1.89. The molecule has 0 aliphatic heterocycles. The van der Waals surface area contributed by atoms with Crippen LogP contribution in [0.15, 0.2) is 22.6 Å². The molecule has 2 rings (SSSR count). The van der Waals surface area contributed by atoms with Gasteiger partial charge in [0, 0.05) is 6.42 Å². The van der Waals surface area contributed by atoms with Gasteiger partial charge in [0.1, 0.15) is 5.52 Å². The summed E-state index contributed by atoms with van der Waals surface area (Å²) in [6, 6.07) is 5.25. The van der Waals surface area contributed by atoms with E-state index in [1.165, 1.54) is 0 Å². The summed E-state index contributed by atoms with van der Waals surface area (Å²) >= 11 is 0. The SMILES string of the molecule is Nc1cccc2oc(CCC(=O)O)nc12. The van der Waals surface area contributed by atoms with Gasteiger partial charge in [0.05, 0.1) is 12.1 Å². The first-order valence-corrected chi connectivity index (χ1v) is 4.52. The Balaban J connectivity index is 2.31. The number of para-hydroxylation sites is 1. The first-order valence-electron chi connectivity index (χ1n) is 4.52. The maximum absolute atomic E-state index is 10.4. The highest BCUT2D eigenvalue weighted by Crippen LogP contribution is 2.21. The van der Waals surface area contributed by atoms with Crippen LogP contribution in [0.2, 0.25) is 0 Å². The van der Waals surface area contributed by atoms with Crippen LogP contribution in [0, 0.1) is 0 Å². The van der Waals surface area contributed by atoms with Gasteiger partial charge in [-0.3, -0.25) is 4.79 Å². The Morgan fingerprint density at radius 3 is 3.00 bits per heavy atom. The molecule has 78 valence electrons. The van der Waals surface area contributed by atoms with E-state index in [0.29, 0.717) is 22.7 Å². The van der Waals surface area contributed by atoms with Crippen molar-refractivity contribution in [2.45, 2.75) is 12.8 Å². The minimum absolute atomic E-state index is 0.00667. The van der Waals surface area contributed by atoms with Crippen molar-refractivity contribution in [3.63, 3.8) is 0 Å². The molecule has 0 saturated carbocycles. The number of carbonyl (C=O) groups is 1. The lowest BCUT2D eigenvalue weighted by molar-refractivity contribution is -0.137. The number of hydrogen-bond acceptors (Lipinski definition) is 4. The molecule has 2 aromatic rings. The molecule has 0 aliphatic carbocycles. The van der Waals surface area contributed by atoms with Crippen molar-refractivity contribution in [3.05, 3.63) is 24.1 Å². The molecule has 1 aromatic carbocycles. The Morgan fingerprint density at radius 2 is 2.33 bits per heavy atom. The highest BCUT2D eigenvalue weighted by molar-refractivity contribution is 5.85. The van der Waals surface area contributed by atoms with Gasteiger partial charge in [-0.25, -0.2) is 4.98 Å². The van der Waals surface area contributed by atoms with Crippen LogP contribution >= 0.6 is 0 Å². The molecule has 0 fully saturated rings. The number of fused-ring (bicyclic) bond motifs is 1. The number of oxazole rings is 1. The molecule has 3 N–H and O–H groups in total. The number of carboxylic acid groups (broad SMARTS) is 1. The Labute approximate surface area is 85.5 Å². The van der Waals surface area contributed by atoms with E-state index in [1.807, 2.05) is 0 Å². The number of nitrogen functional groups attached to an aromatic ring is 1. The standard InChI is InChI=1S/C10H10N2O3/c11-6-2-1-3-7-10(6)12-8(15-7)4-5-9(13)14/h1-3H,4-5,11H2,(H,13,14). The van der Waals surface area contributed by atoms with Gasteiger partial charge >= 0.3 is 5.97 Å². The smallest absolute Gasteiger partial charge is 0.303 e. The highest BCUT2D eigenvalue weighted by Gasteiger charge is 2.09. The van der Waals surface area contributed by atoms with Crippen LogP contribution < -0.4 is 5.73 Å². The van der Waals surface area contributed by atoms with Crippen LogP contribution in [-0.2, 0) is 11.2 Å². The number of aryl methyl sites for hydroxylation is 1. The van der Waals surface area contributed by atoms with Crippen molar-refractivity contribution in [2.24, 2.45) is 0 Å². The molecule has 5 nitrogen and oxygen atoms in total. The van der Waals surface area contributed by atoms with Crippen LogP contribution in [0.4, 0.5) is 5.69 Å². The van der Waals surface area contributed by atoms with Crippen LogP contribution in [0.25, 0.3) is 11.1 Å². The lowest BCUT2D eigenvalue weighted by Crippen LogP contribution is -1.97. The zero-order chi connectivity index (χ0) is 10.8. The summed E-state index contributed by atoms with van der Waals surface area (Å²) < 4.78 is 5.34. The minimum Gasteiger partial charge on any atom is -0.481 e. The van der Waals surface area contributed by atoms with Gasteiger partial charge < -0.3 is 15.3 Å². The first kappa shape index (κ1) is 9.51. The molecule has 15 heavy (non-hydrogen) atoms. The van der Waals surface area contributed by atoms with Crippen LogP contribution in [0.3, 0.4) is 0 Å². The normalized spacial score (nSPS) is 10.7. The fourth-order valence-electron chi connectivity index (χ4n) is 1.34. The van der Waals surface area contributed by atoms with Crippen molar-refractivity contribution < 1.29 is 14.3 Å². The number of nitrogens with zero attached hydrogens (tertiary/aromatic N) is 1. The van der Waals surface area contributed by atoms with E-state index >= 15 is 0 Å². The second-order valence-corrected chi connectivity index (χ2v) is 3.20. The molecule has 0 amide bonds. The fraction of sp³-hybridized carbons (Fsp3) is 0.200. The van der Waals surface area contributed by atoms with Gasteiger partial charge in [-0.15, -0.1) is 0 Å². The third-order valence-corrected chi connectivity index (χ3v) is 2.05. The predicted molar refractivity (Wildman–Crippen MR) is 54.4 cm³/mol. The van der Waals surface area contributed by atoms with E-state index in [1.54, 1.807) is 18.2 Å². The molecular weight excluding hydrogens is 196 g/mol. The summed E-state index contributed by atoms with van der Waals surface area (Å²) in [5.74, 6) is -0.462. The number of anilines is 1. The van der Waals surface area contributed by atoms with Gasteiger partial charge in [0.2, 0.25) is 0 Å². The van der Waals surface area contributed by atoms with Gasteiger partial charge in [-0.1, -0.05) is 6.07 Å². The summed E-state index contributed by atoms with van der Waals surface area (Å²) in [5.41, 5.74) is 7.41. The molecule has 1 aromatic heterocycles. The average Bonchev–Trinajstić information content (AvgIpc) is 2.59. The molecule has 1 heterocycles. The second-order valence-electron chi connectivity index (χ2n) is 3.20. The zero-order valence-corrected chi connectivity index (χ0v) is 7.93. The van der Waals surface area contributed by atoms with E-state index in [4.69, 9.17) is 15.3 Å². The third kappa shape index (κ3) is 1.90. The first-order chi connectivity index (χ1) is 7.16. The Bertz CT molecular complexity index is 504. The van der Waals surface area contributed by atoms with E-state index < -0.39 is 5.97 Å². The Hall–Kier alpha value is -2.04. The number of rotatable bonds is 3. The van der Waals surface area contributed by atoms with Crippen LogP contribution in [0.1, 0.15) is 12.3 Å². The van der Waals surface area contributed by atoms with Crippen molar-refractivity contribution in [1.29, 1.82) is 0 Å². The zero-order valence-electron chi connectivity index (χ0n) is 7.93. The number of hydrogen-bond donors (Lipinski definition) is 2. The summed E-state index contributed by atoms with van der Waals surface area (Å²) in [7, 11) is 0. The van der Waals surface area contributed by atoms with E-state index in [-0.39, 0.29) is 12.8 Å². The van der Waals surface area contributed by atoms with Crippen molar-refractivity contribution in [1.82, 2.24) is 4.98 Å².